The van der Waals surface area contributed by atoms with Gasteiger partial charge in [-0.15, -0.1) is 21.5 Å². The normalized spacial score (nSPS) is 10.0. The average Bonchev–Trinajstić information content (AvgIpc) is 2.70. The molecule has 0 atom stereocenters. The van der Waals surface area contributed by atoms with Crippen molar-refractivity contribution in [3.8, 4) is 0 Å². The zero-order valence-electron chi connectivity index (χ0n) is 7.34. The van der Waals surface area contributed by atoms with Gasteiger partial charge >= 0.3 is 0 Å². The zero-order valence-corrected chi connectivity index (χ0v) is 8.16. The Morgan fingerprint density at radius 1 is 1.36 bits per heavy atom. The molecule has 0 spiro atoms. The molecule has 0 saturated carbocycles. The second-order valence-electron chi connectivity index (χ2n) is 2.62. The fourth-order valence-electron chi connectivity index (χ4n) is 0.943. The summed E-state index contributed by atoms with van der Waals surface area (Å²) >= 11 is 1.60. The van der Waals surface area contributed by atoms with Crippen LogP contribution in [0.2, 0.25) is 0 Å². The van der Waals surface area contributed by atoms with Gasteiger partial charge in [0.1, 0.15) is 16.6 Å². The van der Waals surface area contributed by atoms with E-state index >= 15 is 0 Å². The van der Waals surface area contributed by atoms with Crippen molar-refractivity contribution in [3.05, 3.63) is 28.7 Å². The van der Waals surface area contributed by atoms with Gasteiger partial charge in [-0.1, -0.05) is 0 Å². The fraction of sp³-hybridized carbons (Fsp3) is 0.125. The minimum atomic E-state index is 0.421. The summed E-state index contributed by atoms with van der Waals surface area (Å²) in [6.07, 6.45) is 1.77. The number of rotatable bonds is 3. The summed E-state index contributed by atoms with van der Waals surface area (Å²) in [6.45, 7) is 0.663. The molecule has 0 radical (unpaired) electrons. The summed E-state index contributed by atoms with van der Waals surface area (Å²) in [5, 5.41) is 13.6. The average molecular weight is 207 g/mol. The molecule has 0 aliphatic heterocycles. The Morgan fingerprint density at radius 2 is 2.29 bits per heavy atom. The zero-order chi connectivity index (χ0) is 9.80. The maximum atomic E-state index is 5.41. The quantitative estimate of drug-likeness (QED) is 0.788. The first-order valence-corrected chi connectivity index (χ1v) is 4.94. The molecule has 0 amide bonds. The second-order valence-corrected chi connectivity index (χ2v) is 3.60. The summed E-state index contributed by atoms with van der Waals surface area (Å²) < 4.78 is 0. The molecule has 0 aliphatic rings. The molecular formula is C8H9N5S. The van der Waals surface area contributed by atoms with Crippen LogP contribution in [0, 0.1) is 0 Å². The standard InChI is InChI=1S/C8H9N5S/c9-6-1-2-7(13-12-6)11-5-8-10-3-4-14-8/h1-4H,5H2,(H2,9,12)(H,11,13). The second kappa shape index (κ2) is 4.01. The smallest absolute Gasteiger partial charge is 0.149 e. The van der Waals surface area contributed by atoms with Gasteiger partial charge in [-0.2, -0.15) is 0 Å². The monoisotopic (exact) mass is 207 g/mol. The Hall–Kier alpha value is -1.69. The first-order chi connectivity index (χ1) is 6.84. The number of aromatic nitrogens is 3. The summed E-state index contributed by atoms with van der Waals surface area (Å²) in [6, 6.07) is 3.49. The third kappa shape index (κ3) is 2.17. The Balaban J connectivity index is 1.95. The Kier molecular flexibility index (Phi) is 2.55. The van der Waals surface area contributed by atoms with Gasteiger partial charge in [0.05, 0.1) is 6.54 Å². The topological polar surface area (TPSA) is 76.7 Å². The highest BCUT2D eigenvalue weighted by Crippen LogP contribution is 2.08. The largest absolute Gasteiger partial charge is 0.382 e. The summed E-state index contributed by atoms with van der Waals surface area (Å²) in [5.41, 5.74) is 5.41. The van der Waals surface area contributed by atoms with Crippen LogP contribution < -0.4 is 11.1 Å². The number of hydrogen-bond acceptors (Lipinski definition) is 6. The van der Waals surface area contributed by atoms with Crippen LogP contribution in [0.5, 0.6) is 0 Å². The van der Waals surface area contributed by atoms with Gasteiger partial charge in [0, 0.05) is 11.6 Å². The third-order valence-electron chi connectivity index (χ3n) is 1.59. The van der Waals surface area contributed by atoms with Crippen LogP contribution in [-0.4, -0.2) is 15.2 Å². The van der Waals surface area contributed by atoms with E-state index in [-0.39, 0.29) is 0 Å². The number of nitrogens with one attached hydrogen (secondary N) is 1. The molecule has 2 aromatic heterocycles. The van der Waals surface area contributed by atoms with Crippen molar-refractivity contribution in [2.24, 2.45) is 0 Å². The highest BCUT2D eigenvalue weighted by atomic mass is 32.1. The van der Waals surface area contributed by atoms with E-state index in [1.54, 1.807) is 29.7 Å². The highest BCUT2D eigenvalue weighted by molar-refractivity contribution is 7.09. The summed E-state index contributed by atoms with van der Waals surface area (Å²) in [5.74, 6) is 1.12. The number of thiazole rings is 1. The number of nitrogens with zero attached hydrogens (tertiary/aromatic N) is 3. The van der Waals surface area contributed by atoms with Gasteiger partial charge in [-0.05, 0) is 12.1 Å². The van der Waals surface area contributed by atoms with E-state index in [4.69, 9.17) is 5.73 Å². The van der Waals surface area contributed by atoms with Crippen molar-refractivity contribution in [2.45, 2.75) is 6.54 Å². The van der Waals surface area contributed by atoms with Crippen molar-refractivity contribution in [1.29, 1.82) is 0 Å². The first kappa shape index (κ1) is 8.89. The van der Waals surface area contributed by atoms with Crippen LogP contribution in [0.1, 0.15) is 5.01 Å². The van der Waals surface area contributed by atoms with Crippen LogP contribution >= 0.6 is 11.3 Å². The van der Waals surface area contributed by atoms with Crippen molar-refractivity contribution < 1.29 is 0 Å². The molecule has 2 aromatic rings. The van der Waals surface area contributed by atoms with Crippen LogP contribution in [0.15, 0.2) is 23.7 Å². The van der Waals surface area contributed by atoms with Gasteiger partial charge < -0.3 is 11.1 Å². The van der Waals surface area contributed by atoms with Crippen molar-refractivity contribution in [3.63, 3.8) is 0 Å². The van der Waals surface area contributed by atoms with Gasteiger partial charge in [0.25, 0.3) is 0 Å². The van der Waals surface area contributed by atoms with Crippen molar-refractivity contribution in [2.75, 3.05) is 11.1 Å². The van der Waals surface area contributed by atoms with E-state index in [2.05, 4.69) is 20.5 Å². The molecule has 0 bridgehead atoms. The fourth-order valence-corrected chi connectivity index (χ4v) is 1.50. The van der Waals surface area contributed by atoms with Crippen molar-refractivity contribution >= 4 is 23.0 Å². The number of nitrogen functional groups attached to an aromatic ring is 1. The van der Waals surface area contributed by atoms with Gasteiger partial charge in [-0.3, -0.25) is 0 Å². The number of hydrogen-bond donors (Lipinski definition) is 2. The number of anilines is 2. The molecule has 0 saturated heterocycles. The lowest BCUT2D eigenvalue weighted by atomic mass is 10.5. The van der Waals surface area contributed by atoms with Crippen LogP contribution in [-0.2, 0) is 6.54 Å². The lowest BCUT2D eigenvalue weighted by molar-refractivity contribution is 1.00. The van der Waals surface area contributed by atoms with E-state index in [1.807, 2.05) is 5.38 Å². The maximum Gasteiger partial charge on any atom is 0.149 e. The Bertz CT molecular complexity index is 383. The van der Waals surface area contributed by atoms with E-state index < -0.39 is 0 Å². The summed E-state index contributed by atoms with van der Waals surface area (Å²) in [4.78, 5) is 4.13. The highest BCUT2D eigenvalue weighted by Gasteiger charge is 1.97. The molecule has 14 heavy (non-hydrogen) atoms. The lowest BCUT2D eigenvalue weighted by Crippen LogP contribution is -2.02. The maximum absolute atomic E-state index is 5.41. The number of nitrogens with two attached hydrogens (primary N) is 1. The Morgan fingerprint density at radius 3 is 2.93 bits per heavy atom. The molecule has 2 rings (SSSR count). The predicted molar refractivity (Wildman–Crippen MR) is 55.9 cm³/mol. The lowest BCUT2D eigenvalue weighted by Gasteiger charge is -2.01. The first-order valence-electron chi connectivity index (χ1n) is 4.06. The predicted octanol–water partition coefficient (Wildman–Crippen LogP) is 1.13. The third-order valence-corrected chi connectivity index (χ3v) is 2.37. The molecular weight excluding hydrogens is 198 g/mol. The molecule has 5 nitrogen and oxygen atoms in total. The molecule has 0 unspecified atom stereocenters. The molecule has 72 valence electrons. The Labute approximate surface area is 85.0 Å². The minimum absolute atomic E-state index is 0.421. The molecule has 6 heteroatoms. The van der Waals surface area contributed by atoms with Crippen LogP contribution in [0.3, 0.4) is 0 Å². The summed E-state index contributed by atoms with van der Waals surface area (Å²) in [7, 11) is 0. The minimum Gasteiger partial charge on any atom is -0.382 e. The van der Waals surface area contributed by atoms with E-state index in [9.17, 15) is 0 Å². The molecule has 0 fully saturated rings. The molecule has 0 aliphatic carbocycles. The van der Waals surface area contributed by atoms with Crippen LogP contribution in [0.4, 0.5) is 11.6 Å². The van der Waals surface area contributed by atoms with Gasteiger partial charge in [0.15, 0.2) is 0 Å². The molecule has 0 aromatic carbocycles. The molecule has 2 heterocycles. The van der Waals surface area contributed by atoms with Crippen LogP contribution in [0.25, 0.3) is 0 Å². The van der Waals surface area contributed by atoms with Gasteiger partial charge in [0.2, 0.25) is 0 Å². The molecule has 3 N–H and O–H groups in total. The van der Waals surface area contributed by atoms with E-state index in [0.717, 1.165) is 5.01 Å². The van der Waals surface area contributed by atoms with Gasteiger partial charge in [-0.25, -0.2) is 4.98 Å². The SMILES string of the molecule is Nc1ccc(NCc2nccs2)nn1. The van der Waals surface area contributed by atoms with E-state index in [1.165, 1.54) is 0 Å². The van der Waals surface area contributed by atoms with E-state index in [0.29, 0.717) is 18.2 Å². The van der Waals surface area contributed by atoms with Crippen molar-refractivity contribution in [1.82, 2.24) is 15.2 Å².